The molecule has 0 aliphatic carbocycles. The van der Waals surface area contributed by atoms with Gasteiger partial charge in [-0.05, 0) is 47.8 Å². The van der Waals surface area contributed by atoms with Crippen LogP contribution in [0.1, 0.15) is 29.3 Å². The molecule has 1 heterocycles. The molecule has 2 unspecified atom stereocenters. The summed E-state index contributed by atoms with van der Waals surface area (Å²) >= 11 is 3.47. The number of nitrogens with one attached hydrogen (secondary N) is 1. The van der Waals surface area contributed by atoms with Crippen LogP contribution in [-0.4, -0.2) is 25.2 Å². The summed E-state index contributed by atoms with van der Waals surface area (Å²) in [5, 5.41) is 3.06. The van der Waals surface area contributed by atoms with E-state index >= 15 is 0 Å². The number of hydrogen-bond donors (Lipinski definition) is 1. The monoisotopic (exact) mass is 311 g/mol. The number of aryl methyl sites for hydroxylation is 1. The Kier molecular flexibility index (Phi) is 4.40. The first-order valence-corrected chi connectivity index (χ1v) is 7.02. The molecule has 4 heteroatoms. The van der Waals surface area contributed by atoms with E-state index in [-0.39, 0.29) is 11.9 Å². The Bertz CT molecular complexity index is 441. The molecule has 1 aromatic rings. The van der Waals surface area contributed by atoms with Crippen LogP contribution in [0.15, 0.2) is 22.7 Å². The third-order valence-corrected chi connectivity index (χ3v) is 4.52. The molecule has 1 aromatic carbocycles. The van der Waals surface area contributed by atoms with Gasteiger partial charge in [0.2, 0.25) is 0 Å². The van der Waals surface area contributed by atoms with Crippen molar-refractivity contribution in [3.8, 4) is 0 Å². The SMILES string of the molecule is Cc1cccc(C(=O)NC(C)C2CCOC2)c1Br. The van der Waals surface area contributed by atoms with E-state index in [4.69, 9.17) is 4.74 Å². The molecule has 18 heavy (non-hydrogen) atoms. The van der Waals surface area contributed by atoms with Gasteiger partial charge in [0.25, 0.3) is 5.91 Å². The Morgan fingerprint density at radius 3 is 3.00 bits per heavy atom. The van der Waals surface area contributed by atoms with Gasteiger partial charge in [0.15, 0.2) is 0 Å². The number of carbonyl (C=O) groups is 1. The van der Waals surface area contributed by atoms with Gasteiger partial charge in [-0.15, -0.1) is 0 Å². The van der Waals surface area contributed by atoms with Gasteiger partial charge >= 0.3 is 0 Å². The Hall–Kier alpha value is -0.870. The maximum atomic E-state index is 12.2. The van der Waals surface area contributed by atoms with Gasteiger partial charge in [-0.3, -0.25) is 4.79 Å². The van der Waals surface area contributed by atoms with Gasteiger partial charge in [-0.2, -0.15) is 0 Å². The minimum Gasteiger partial charge on any atom is -0.381 e. The quantitative estimate of drug-likeness (QED) is 0.932. The van der Waals surface area contributed by atoms with Crippen LogP contribution >= 0.6 is 15.9 Å². The van der Waals surface area contributed by atoms with Gasteiger partial charge < -0.3 is 10.1 Å². The Balaban J connectivity index is 2.05. The molecule has 0 spiro atoms. The molecule has 2 atom stereocenters. The molecular formula is C14H18BrNO2. The lowest BCUT2D eigenvalue weighted by Gasteiger charge is -2.19. The normalized spacial score (nSPS) is 20.7. The minimum atomic E-state index is -0.0232. The summed E-state index contributed by atoms with van der Waals surface area (Å²) in [4.78, 5) is 12.2. The Morgan fingerprint density at radius 1 is 1.56 bits per heavy atom. The molecule has 0 aromatic heterocycles. The molecule has 1 saturated heterocycles. The van der Waals surface area contributed by atoms with Crippen LogP contribution in [0.2, 0.25) is 0 Å². The zero-order valence-electron chi connectivity index (χ0n) is 10.7. The first-order valence-electron chi connectivity index (χ1n) is 6.23. The highest BCUT2D eigenvalue weighted by Crippen LogP contribution is 2.22. The molecule has 0 saturated carbocycles. The zero-order valence-corrected chi connectivity index (χ0v) is 12.3. The maximum absolute atomic E-state index is 12.2. The van der Waals surface area contributed by atoms with Crippen molar-refractivity contribution in [2.45, 2.75) is 26.3 Å². The number of amides is 1. The first-order chi connectivity index (χ1) is 8.59. The van der Waals surface area contributed by atoms with Crippen molar-refractivity contribution in [1.82, 2.24) is 5.32 Å². The van der Waals surface area contributed by atoms with Crippen molar-refractivity contribution in [1.29, 1.82) is 0 Å². The van der Waals surface area contributed by atoms with Gasteiger partial charge in [0.05, 0.1) is 12.2 Å². The second kappa shape index (κ2) is 5.85. The van der Waals surface area contributed by atoms with E-state index in [9.17, 15) is 4.79 Å². The highest BCUT2D eigenvalue weighted by molar-refractivity contribution is 9.10. The van der Waals surface area contributed by atoms with Crippen LogP contribution in [0.3, 0.4) is 0 Å². The van der Waals surface area contributed by atoms with Crippen molar-refractivity contribution in [2.24, 2.45) is 5.92 Å². The largest absolute Gasteiger partial charge is 0.381 e. The molecule has 2 rings (SSSR count). The lowest BCUT2D eigenvalue weighted by Crippen LogP contribution is -2.38. The number of carbonyl (C=O) groups excluding carboxylic acids is 1. The summed E-state index contributed by atoms with van der Waals surface area (Å²) in [5.74, 6) is 0.405. The topological polar surface area (TPSA) is 38.3 Å². The van der Waals surface area contributed by atoms with Crippen LogP contribution in [-0.2, 0) is 4.74 Å². The van der Waals surface area contributed by atoms with E-state index in [1.54, 1.807) is 0 Å². The smallest absolute Gasteiger partial charge is 0.252 e. The van der Waals surface area contributed by atoms with E-state index in [1.807, 2.05) is 32.0 Å². The lowest BCUT2D eigenvalue weighted by atomic mass is 10.0. The Morgan fingerprint density at radius 2 is 2.33 bits per heavy atom. The summed E-state index contributed by atoms with van der Waals surface area (Å²) in [6.07, 6.45) is 1.02. The predicted octanol–water partition coefficient (Wildman–Crippen LogP) is 2.91. The molecule has 1 N–H and O–H groups in total. The Labute approximate surface area is 116 Å². The summed E-state index contributed by atoms with van der Waals surface area (Å²) in [6, 6.07) is 5.87. The van der Waals surface area contributed by atoms with Crippen LogP contribution in [0, 0.1) is 12.8 Å². The maximum Gasteiger partial charge on any atom is 0.252 e. The first kappa shape index (κ1) is 13.6. The fourth-order valence-corrected chi connectivity index (χ4v) is 2.62. The average molecular weight is 312 g/mol. The van der Waals surface area contributed by atoms with Crippen molar-refractivity contribution >= 4 is 21.8 Å². The molecule has 1 aliphatic rings. The van der Waals surface area contributed by atoms with Crippen LogP contribution in [0.25, 0.3) is 0 Å². The minimum absolute atomic E-state index is 0.0232. The molecule has 1 amide bonds. The molecular weight excluding hydrogens is 294 g/mol. The average Bonchev–Trinajstić information content (AvgIpc) is 2.86. The summed E-state index contributed by atoms with van der Waals surface area (Å²) in [6.45, 7) is 5.57. The van der Waals surface area contributed by atoms with E-state index in [1.165, 1.54) is 0 Å². The summed E-state index contributed by atoms with van der Waals surface area (Å²) in [7, 11) is 0. The molecule has 1 aliphatic heterocycles. The number of ether oxygens (including phenoxy) is 1. The second-order valence-corrected chi connectivity index (χ2v) is 5.62. The zero-order chi connectivity index (χ0) is 13.1. The van der Waals surface area contributed by atoms with E-state index in [0.717, 1.165) is 29.7 Å². The van der Waals surface area contributed by atoms with Crippen molar-refractivity contribution in [3.63, 3.8) is 0 Å². The molecule has 1 fully saturated rings. The van der Waals surface area contributed by atoms with Crippen LogP contribution < -0.4 is 5.32 Å². The second-order valence-electron chi connectivity index (χ2n) is 4.82. The van der Waals surface area contributed by atoms with E-state index in [2.05, 4.69) is 21.2 Å². The van der Waals surface area contributed by atoms with Crippen LogP contribution in [0.5, 0.6) is 0 Å². The molecule has 98 valence electrons. The van der Waals surface area contributed by atoms with Crippen LogP contribution in [0.4, 0.5) is 0 Å². The third kappa shape index (κ3) is 2.93. The van der Waals surface area contributed by atoms with E-state index < -0.39 is 0 Å². The standard InChI is InChI=1S/C14H18BrNO2/c1-9-4-3-5-12(13(9)15)14(17)16-10(2)11-6-7-18-8-11/h3-5,10-11H,6-8H2,1-2H3,(H,16,17). The number of halogens is 1. The number of hydrogen-bond acceptors (Lipinski definition) is 2. The molecule has 0 radical (unpaired) electrons. The summed E-state index contributed by atoms with van der Waals surface area (Å²) in [5.41, 5.74) is 1.76. The third-order valence-electron chi connectivity index (χ3n) is 3.47. The molecule has 0 bridgehead atoms. The van der Waals surface area contributed by atoms with Gasteiger partial charge in [-0.1, -0.05) is 12.1 Å². The molecule has 3 nitrogen and oxygen atoms in total. The number of benzene rings is 1. The van der Waals surface area contributed by atoms with Gasteiger partial charge in [0.1, 0.15) is 0 Å². The van der Waals surface area contributed by atoms with Crippen molar-refractivity contribution in [2.75, 3.05) is 13.2 Å². The fraction of sp³-hybridized carbons (Fsp3) is 0.500. The number of rotatable bonds is 3. The fourth-order valence-electron chi connectivity index (χ4n) is 2.17. The van der Waals surface area contributed by atoms with Gasteiger partial charge in [0, 0.05) is 23.0 Å². The predicted molar refractivity (Wildman–Crippen MR) is 74.7 cm³/mol. The highest BCUT2D eigenvalue weighted by Gasteiger charge is 2.24. The van der Waals surface area contributed by atoms with Crippen molar-refractivity contribution < 1.29 is 9.53 Å². The van der Waals surface area contributed by atoms with Gasteiger partial charge in [-0.25, -0.2) is 0 Å². The summed E-state index contributed by atoms with van der Waals surface area (Å²) < 4.78 is 6.22. The lowest BCUT2D eigenvalue weighted by molar-refractivity contribution is 0.0921. The van der Waals surface area contributed by atoms with Crippen molar-refractivity contribution in [3.05, 3.63) is 33.8 Å². The van der Waals surface area contributed by atoms with E-state index in [0.29, 0.717) is 11.5 Å². The highest BCUT2D eigenvalue weighted by atomic mass is 79.9.